The second kappa shape index (κ2) is 4.41. The standard InChI is InChI=1S/C12H15ClS/c1-12(2,3)5-4-9-6-10(13)8-11(14)7-9/h4-8,14H,1-3H3/b5-4+. The highest BCUT2D eigenvalue weighted by Crippen LogP contribution is 2.21. The van der Waals surface area contributed by atoms with Gasteiger partial charge in [-0.05, 0) is 29.2 Å². The largest absolute Gasteiger partial charge is 0.143 e. The van der Waals surface area contributed by atoms with Crippen LogP contribution < -0.4 is 0 Å². The lowest BCUT2D eigenvalue weighted by Gasteiger charge is -2.11. The zero-order chi connectivity index (χ0) is 10.8. The van der Waals surface area contributed by atoms with Gasteiger partial charge >= 0.3 is 0 Å². The van der Waals surface area contributed by atoms with Gasteiger partial charge in [0.05, 0.1) is 0 Å². The van der Waals surface area contributed by atoms with E-state index in [0.717, 1.165) is 15.5 Å². The van der Waals surface area contributed by atoms with Crippen molar-refractivity contribution in [3.8, 4) is 0 Å². The summed E-state index contributed by atoms with van der Waals surface area (Å²) in [7, 11) is 0. The van der Waals surface area contributed by atoms with E-state index in [1.54, 1.807) is 0 Å². The second-order valence-electron chi connectivity index (χ2n) is 4.44. The number of halogens is 1. The van der Waals surface area contributed by atoms with Gasteiger partial charge in [-0.3, -0.25) is 0 Å². The zero-order valence-electron chi connectivity index (χ0n) is 8.71. The molecule has 0 aliphatic heterocycles. The van der Waals surface area contributed by atoms with Gasteiger partial charge in [-0.1, -0.05) is 44.5 Å². The summed E-state index contributed by atoms with van der Waals surface area (Å²) in [4.78, 5) is 0.894. The van der Waals surface area contributed by atoms with Crippen molar-refractivity contribution in [1.29, 1.82) is 0 Å². The Morgan fingerprint density at radius 3 is 2.36 bits per heavy atom. The van der Waals surface area contributed by atoms with Crippen LogP contribution >= 0.6 is 24.2 Å². The number of hydrogen-bond acceptors (Lipinski definition) is 1. The van der Waals surface area contributed by atoms with E-state index in [2.05, 4.69) is 45.6 Å². The molecule has 76 valence electrons. The minimum atomic E-state index is 0.194. The van der Waals surface area contributed by atoms with Gasteiger partial charge in [0.2, 0.25) is 0 Å². The SMILES string of the molecule is CC(C)(C)/C=C/c1cc(S)cc(Cl)c1. The Labute approximate surface area is 96.4 Å². The van der Waals surface area contributed by atoms with Crippen molar-refractivity contribution in [3.63, 3.8) is 0 Å². The van der Waals surface area contributed by atoms with E-state index in [1.807, 2.05) is 18.2 Å². The molecule has 0 radical (unpaired) electrons. The van der Waals surface area contributed by atoms with Gasteiger partial charge in [-0.15, -0.1) is 12.6 Å². The van der Waals surface area contributed by atoms with Crippen LogP contribution in [0, 0.1) is 5.41 Å². The summed E-state index contributed by atoms with van der Waals surface area (Å²) < 4.78 is 0. The van der Waals surface area contributed by atoms with Crippen molar-refractivity contribution in [2.24, 2.45) is 5.41 Å². The molecule has 0 atom stereocenters. The Hall–Kier alpha value is -0.400. The molecule has 1 aromatic carbocycles. The predicted molar refractivity (Wildman–Crippen MR) is 67.2 cm³/mol. The molecule has 0 fully saturated rings. The Kier molecular flexibility index (Phi) is 3.68. The normalized spacial score (nSPS) is 12.4. The molecular weight excluding hydrogens is 212 g/mol. The first-order valence-corrected chi connectivity index (χ1v) is 5.38. The summed E-state index contributed by atoms with van der Waals surface area (Å²) in [5.74, 6) is 0. The van der Waals surface area contributed by atoms with Crippen LogP contribution in [0.4, 0.5) is 0 Å². The number of rotatable bonds is 1. The maximum Gasteiger partial charge on any atom is 0.0422 e. The van der Waals surface area contributed by atoms with Crippen LogP contribution in [0.2, 0.25) is 5.02 Å². The first kappa shape index (κ1) is 11.7. The van der Waals surface area contributed by atoms with Crippen LogP contribution in [0.3, 0.4) is 0 Å². The first-order chi connectivity index (χ1) is 6.37. The molecule has 0 nitrogen and oxygen atoms in total. The van der Waals surface area contributed by atoms with Crippen molar-refractivity contribution in [2.75, 3.05) is 0 Å². The van der Waals surface area contributed by atoms with E-state index in [-0.39, 0.29) is 5.41 Å². The lowest BCUT2D eigenvalue weighted by atomic mass is 9.95. The average Bonchev–Trinajstić information content (AvgIpc) is 1.97. The van der Waals surface area contributed by atoms with Gasteiger partial charge < -0.3 is 0 Å². The zero-order valence-corrected chi connectivity index (χ0v) is 10.4. The van der Waals surface area contributed by atoms with Crippen molar-refractivity contribution >= 4 is 30.3 Å². The Balaban J connectivity index is 2.92. The van der Waals surface area contributed by atoms with Crippen molar-refractivity contribution in [2.45, 2.75) is 25.7 Å². The fourth-order valence-electron chi connectivity index (χ4n) is 1.04. The summed E-state index contributed by atoms with van der Waals surface area (Å²) >= 11 is 10.2. The molecule has 0 unspecified atom stereocenters. The number of benzene rings is 1. The van der Waals surface area contributed by atoms with Gasteiger partial charge in [-0.25, -0.2) is 0 Å². The van der Waals surface area contributed by atoms with E-state index in [9.17, 15) is 0 Å². The van der Waals surface area contributed by atoms with E-state index >= 15 is 0 Å². The van der Waals surface area contributed by atoms with Crippen LogP contribution in [0.15, 0.2) is 29.2 Å². The number of thiol groups is 1. The molecule has 0 saturated carbocycles. The number of hydrogen-bond donors (Lipinski definition) is 1. The Morgan fingerprint density at radius 2 is 1.86 bits per heavy atom. The van der Waals surface area contributed by atoms with E-state index < -0.39 is 0 Å². The molecule has 0 amide bonds. The first-order valence-electron chi connectivity index (χ1n) is 4.56. The van der Waals surface area contributed by atoms with Crippen LogP contribution in [0.25, 0.3) is 6.08 Å². The summed E-state index contributed by atoms with van der Waals surface area (Å²) in [6, 6.07) is 5.76. The molecule has 0 spiro atoms. The molecule has 14 heavy (non-hydrogen) atoms. The third-order valence-corrected chi connectivity index (χ3v) is 2.16. The van der Waals surface area contributed by atoms with Gasteiger partial charge in [0.25, 0.3) is 0 Å². The Bertz CT molecular complexity index is 328. The topological polar surface area (TPSA) is 0 Å². The van der Waals surface area contributed by atoms with Crippen LogP contribution in [-0.2, 0) is 0 Å². The lowest BCUT2D eigenvalue weighted by Crippen LogP contribution is -1.97. The third kappa shape index (κ3) is 4.21. The highest BCUT2D eigenvalue weighted by atomic mass is 35.5. The molecule has 0 bridgehead atoms. The van der Waals surface area contributed by atoms with Crippen LogP contribution in [0.5, 0.6) is 0 Å². The second-order valence-corrected chi connectivity index (χ2v) is 5.39. The highest BCUT2D eigenvalue weighted by Gasteiger charge is 2.03. The minimum absolute atomic E-state index is 0.194. The van der Waals surface area contributed by atoms with E-state index in [4.69, 9.17) is 11.6 Å². The summed E-state index contributed by atoms with van der Waals surface area (Å²) in [5.41, 5.74) is 1.29. The van der Waals surface area contributed by atoms with Crippen molar-refractivity contribution in [1.82, 2.24) is 0 Å². The van der Waals surface area contributed by atoms with E-state index in [1.165, 1.54) is 0 Å². The smallest absolute Gasteiger partial charge is 0.0422 e. The van der Waals surface area contributed by atoms with Crippen LogP contribution in [-0.4, -0.2) is 0 Å². The molecule has 0 saturated heterocycles. The number of allylic oxidation sites excluding steroid dienone is 1. The minimum Gasteiger partial charge on any atom is -0.143 e. The average molecular weight is 227 g/mol. The maximum atomic E-state index is 5.92. The molecular formula is C12H15ClS. The molecule has 0 heterocycles. The van der Waals surface area contributed by atoms with Gasteiger partial charge in [-0.2, -0.15) is 0 Å². The maximum absolute atomic E-state index is 5.92. The van der Waals surface area contributed by atoms with Gasteiger partial charge in [0, 0.05) is 9.92 Å². The molecule has 0 aromatic heterocycles. The third-order valence-electron chi connectivity index (χ3n) is 1.68. The van der Waals surface area contributed by atoms with Crippen molar-refractivity contribution < 1.29 is 0 Å². The Morgan fingerprint density at radius 1 is 1.21 bits per heavy atom. The summed E-state index contributed by atoms with van der Waals surface area (Å²) in [5, 5.41) is 0.728. The lowest BCUT2D eigenvalue weighted by molar-refractivity contribution is 0.547. The predicted octanol–water partition coefficient (Wildman–Crippen LogP) is 4.69. The molecule has 1 rings (SSSR count). The van der Waals surface area contributed by atoms with Gasteiger partial charge in [0.1, 0.15) is 0 Å². The molecule has 1 aromatic rings. The fourth-order valence-corrected chi connectivity index (χ4v) is 1.65. The highest BCUT2D eigenvalue weighted by molar-refractivity contribution is 7.80. The van der Waals surface area contributed by atoms with Gasteiger partial charge in [0.15, 0.2) is 0 Å². The monoisotopic (exact) mass is 226 g/mol. The quantitative estimate of drug-likeness (QED) is 0.660. The molecule has 2 heteroatoms. The molecule has 0 aliphatic rings. The summed E-state index contributed by atoms with van der Waals surface area (Å²) in [6.45, 7) is 6.49. The molecule has 0 aliphatic carbocycles. The summed E-state index contributed by atoms with van der Waals surface area (Å²) in [6.07, 6.45) is 4.23. The molecule has 0 N–H and O–H groups in total. The van der Waals surface area contributed by atoms with Crippen molar-refractivity contribution in [3.05, 3.63) is 34.9 Å². The van der Waals surface area contributed by atoms with E-state index in [0.29, 0.717) is 0 Å². The van der Waals surface area contributed by atoms with Crippen LogP contribution in [0.1, 0.15) is 26.3 Å². The fraction of sp³-hybridized carbons (Fsp3) is 0.333.